The first kappa shape index (κ1) is 55.3. The van der Waals surface area contributed by atoms with Crippen molar-refractivity contribution in [1.29, 1.82) is 0 Å². The van der Waals surface area contributed by atoms with E-state index >= 15 is 4.20 Å². The molecule has 81 heavy (non-hydrogen) atoms. The van der Waals surface area contributed by atoms with Gasteiger partial charge in [0, 0.05) is 30.2 Å². The summed E-state index contributed by atoms with van der Waals surface area (Å²) in [5, 5.41) is 4.53. The standard InChI is InChI=1S/C62H61FN7O9PSi/c1-42-37-69(60(73)68-58(42)71)53-35-49(51(76-53)38-74-62(44-25-13-6-14-26-44,45-27-15-7-16-28-45)46-29-17-8-18-30-46)78-80(63)75-39-52-50(79-81(61(2,3)4,47-31-19-9-20-32-47)48-33-21-10-22-34-48)36-54(77-52)70-41-66-55-56(64-40-65-57(55)70)67-59(72)43-23-11-5-12-24-43/h5-34,37,40-41,49-54H,35-36,38-39H2,1-4H3,(H,68,71,73)(H,64,65,67,72)/t49-,50-,51+,52+,53+,54+,80?/m0/s1. The number of imidazole rings is 1. The summed E-state index contributed by atoms with van der Waals surface area (Å²) in [5.74, 6) is -0.138. The Balaban J connectivity index is 0.909. The maximum atomic E-state index is 17.2. The summed E-state index contributed by atoms with van der Waals surface area (Å²) >= 11 is 0. The number of nitrogens with one attached hydrogen (secondary N) is 2. The lowest BCUT2D eigenvalue weighted by molar-refractivity contribution is -0.0929. The molecule has 16 nitrogen and oxygen atoms in total. The number of nitrogens with zero attached hydrogens (tertiary/aromatic N) is 5. The third kappa shape index (κ3) is 11.3. The highest BCUT2D eigenvalue weighted by Gasteiger charge is 2.54. The predicted molar refractivity (Wildman–Crippen MR) is 309 cm³/mol. The van der Waals surface area contributed by atoms with Gasteiger partial charge in [-0.05, 0) is 51.2 Å². The topological polar surface area (TPSA) is 183 Å². The quantitative estimate of drug-likeness (QED) is 0.0445. The largest absolute Gasteiger partial charge is 0.402 e. The fourth-order valence-electron chi connectivity index (χ4n) is 11.2. The number of carbonyl (C=O) groups is 1. The fraction of sp³-hybridized carbons (Fsp3) is 0.258. The zero-order chi connectivity index (χ0) is 56.1. The molecule has 0 saturated carbocycles. The molecule has 0 bridgehead atoms. The lowest BCUT2D eigenvalue weighted by Gasteiger charge is -2.45. The van der Waals surface area contributed by atoms with E-state index in [9.17, 15) is 14.4 Å². The molecule has 2 aliphatic heterocycles. The van der Waals surface area contributed by atoms with Crippen molar-refractivity contribution >= 4 is 50.3 Å². The molecule has 6 aromatic carbocycles. The maximum absolute atomic E-state index is 17.2. The van der Waals surface area contributed by atoms with E-state index in [1.807, 2.05) is 133 Å². The van der Waals surface area contributed by atoms with E-state index in [1.165, 1.54) is 17.1 Å². The molecule has 2 saturated heterocycles. The summed E-state index contributed by atoms with van der Waals surface area (Å²) in [6.45, 7) is 7.72. The number of amides is 1. The molecule has 2 N–H and O–H groups in total. The van der Waals surface area contributed by atoms with Crippen molar-refractivity contribution in [3.63, 3.8) is 0 Å². The Morgan fingerprint density at radius 1 is 0.691 bits per heavy atom. The van der Waals surface area contributed by atoms with Crippen LogP contribution in [0.2, 0.25) is 5.04 Å². The molecule has 9 aromatic rings. The summed E-state index contributed by atoms with van der Waals surface area (Å²) in [6.07, 6.45) is -0.565. The van der Waals surface area contributed by atoms with E-state index in [1.54, 1.807) is 42.1 Å². The van der Waals surface area contributed by atoms with Gasteiger partial charge in [0.05, 0.1) is 31.7 Å². The lowest BCUT2D eigenvalue weighted by Crippen LogP contribution is -2.68. The van der Waals surface area contributed by atoms with Gasteiger partial charge in [-0.2, -0.15) is 4.20 Å². The van der Waals surface area contributed by atoms with Crippen LogP contribution in [0.4, 0.5) is 10.0 Å². The number of aryl methyl sites for hydroxylation is 1. The van der Waals surface area contributed by atoms with Crippen LogP contribution >= 0.6 is 8.69 Å². The average Bonchev–Trinajstić information content (AvgIpc) is 4.42. The van der Waals surface area contributed by atoms with Gasteiger partial charge in [-0.1, -0.05) is 191 Å². The van der Waals surface area contributed by atoms with Crippen LogP contribution in [0.3, 0.4) is 0 Å². The molecule has 1 unspecified atom stereocenters. The van der Waals surface area contributed by atoms with Gasteiger partial charge in [-0.15, -0.1) is 0 Å². The van der Waals surface area contributed by atoms with Crippen molar-refractivity contribution in [2.75, 3.05) is 18.5 Å². The van der Waals surface area contributed by atoms with Crippen LogP contribution in [0.1, 0.15) is 78.7 Å². The number of carbonyl (C=O) groups excluding carboxylic acids is 1. The highest BCUT2D eigenvalue weighted by atomic mass is 31.2. The average molecular weight is 1130 g/mol. The van der Waals surface area contributed by atoms with Crippen molar-refractivity contribution < 1.29 is 36.7 Å². The van der Waals surface area contributed by atoms with E-state index in [-0.39, 0.29) is 37.8 Å². The summed E-state index contributed by atoms with van der Waals surface area (Å²) < 4.78 is 61.2. The Morgan fingerprint density at radius 3 is 1.75 bits per heavy atom. The Bertz CT molecular complexity index is 3560. The Morgan fingerprint density at radius 2 is 1.20 bits per heavy atom. The molecule has 11 rings (SSSR count). The van der Waals surface area contributed by atoms with Crippen LogP contribution < -0.4 is 26.9 Å². The van der Waals surface area contributed by atoms with Crippen molar-refractivity contribution in [2.24, 2.45) is 0 Å². The van der Waals surface area contributed by atoms with E-state index < -0.39 is 75.8 Å². The van der Waals surface area contributed by atoms with E-state index in [2.05, 4.69) is 70.3 Å². The third-order valence-corrected chi connectivity index (χ3v) is 20.9. The highest BCUT2D eigenvalue weighted by Crippen LogP contribution is 2.49. The predicted octanol–water partition coefficient (Wildman–Crippen LogP) is 10.1. The molecule has 3 aromatic heterocycles. The van der Waals surface area contributed by atoms with Crippen molar-refractivity contribution in [3.8, 4) is 0 Å². The normalized spacial score (nSPS) is 19.9. The molecule has 2 aliphatic rings. The van der Waals surface area contributed by atoms with E-state index in [0.29, 0.717) is 22.3 Å². The zero-order valence-electron chi connectivity index (χ0n) is 45.1. The minimum Gasteiger partial charge on any atom is -0.402 e. The molecule has 414 valence electrons. The van der Waals surface area contributed by atoms with Crippen LogP contribution in [0.5, 0.6) is 0 Å². The molecule has 0 spiro atoms. The number of ether oxygens (including phenoxy) is 3. The summed E-state index contributed by atoms with van der Waals surface area (Å²) in [7, 11) is -6.44. The molecule has 0 radical (unpaired) electrons. The first-order valence-electron chi connectivity index (χ1n) is 26.8. The summed E-state index contributed by atoms with van der Waals surface area (Å²) in [4.78, 5) is 55.3. The Kier molecular flexibility index (Phi) is 16.3. The van der Waals surface area contributed by atoms with E-state index in [4.69, 9.17) is 27.7 Å². The number of hydrogen-bond acceptors (Lipinski definition) is 12. The van der Waals surface area contributed by atoms with Gasteiger partial charge in [0.1, 0.15) is 36.6 Å². The van der Waals surface area contributed by atoms with E-state index in [0.717, 1.165) is 27.1 Å². The molecule has 7 atom stereocenters. The summed E-state index contributed by atoms with van der Waals surface area (Å²) in [6, 6.07) is 58.7. The number of rotatable bonds is 19. The number of benzene rings is 6. The monoisotopic (exact) mass is 1130 g/mol. The second-order valence-electron chi connectivity index (χ2n) is 21.1. The van der Waals surface area contributed by atoms with Gasteiger partial charge in [0.25, 0.3) is 19.8 Å². The summed E-state index contributed by atoms with van der Waals surface area (Å²) in [5.41, 5.74) is 1.63. The molecular formula is C62H61FN7O9PSi. The van der Waals surface area contributed by atoms with Gasteiger partial charge in [0.15, 0.2) is 17.0 Å². The van der Waals surface area contributed by atoms with Crippen molar-refractivity contribution in [2.45, 2.75) is 88.0 Å². The fourth-order valence-corrected chi connectivity index (χ4v) is 16.6. The minimum atomic E-state index is -3.26. The molecule has 2 fully saturated rings. The van der Waals surface area contributed by atoms with Crippen LogP contribution in [0.25, 0.3) is 11.2 Å². The number of halogens is 1. The second kappa shape index (κ2) is 23.8. The van der Waals surface area contributed by atoms with Crippen LogP contribution in [0, 0.1) is 6.92 Å². The second-order valence-corrected chi connectivity index (χ2v) is 26.3. The van der Waals surface area contributed by atoms with Gasteiger partial charge < -0.3 is 33.0 Å². The molecule has 0 aliphatic carbocycles. The zero-order valence-corrected chi connectivity index (χ0v) is 47.0. The maximum Gasteiger partial charge on any atom is 0.375 e. The highest BCUT2D eigenvalue weighted by molar-refractivity contribution is 7.41. The van der Waals surface area contributed by atoms with Crippen molar-refractivity contribution in [1.82, 2.24) is 29.1 Å². The number of aromatic nitrogens is 6. The number of aromatic amines is 1. The lowest BCUT2D eigenvalue weighted by atomic mass is 9.80. The number of hydrogen-bond donors (Lipinski definition) is 2. The van der Waals surface area contributed by atoms with Gasteiger partial charge in [-0.25, -0.2) is 19.7 Å². The Hall–Kier alpha value is -7.64. The Labute approximate surface area is 470 Å². The minimum absolute atomic E-state index is 0.00544. The molecule has 19 heteroatoms. The molecular weight excluding hydrogens is 1060 g/mol. The van der Waals surface area contributed by atoms with Crippen LogP contribution in [-0.2, 0) is 33.3 Å². The third-order valence-electron chi connectivity index (χ3n) is 15.1. The molecule has 1 amide bonds. The first-order valence-corrected chi connectivity index (χ1v) is 29.8. The van der Waals surface area contributed by atoms with Gasteiger partial charge >= 0.3 is 14.4 Å². The van der Waals surface area contributed by atoms with Crippen LogP contribution in [-0.4, -0.2) is 80.9 Å². The first-order chi connectivity index (χ1) is 39.3. The van der Waals surface area contributed by atoms with Gasteiger partial charge in [-0.3, -0.25) is 23.7 Å². The number of anilines is 1. The SMILES string of the molecule is Cc1cn([C@H]2C[C@H](OP(F)OC[C@H]3O[C@@H](n4cnc5c(NC(=O)c6ccccc6)ncnc54)C[C@@H]3O[Si](c3ccccc3)(c3ccccc3)C(C)(C)C)[C@@H](COC(c3ccccc3)(c3ccccc3)c3ccccc3)O2)c(=O)[nH]c1=O. The van der Waals surface area contributed by atoms with Crippen molar-refractivity contribution in [3.05, 3.63) is 249 Å². The van der Waals surface area contributed by atoms with Gasteiger partial charge in [0.2, 0.25) is 0 Å². The number of H-pyrrole nitrogens is 1. The smallest absolute Gasteiger partial charge is 0.375 e. The van der Waals surface area contributed by atoms with Crippen LogP contribution in [0.15, 0.2) is 210 Å². The number of fused-ring (bicyclic) bond motifs is 1. The molecule has 5 heterocycles.